The standard InChI is InChI=1S/C14H26N2O2/c1-11-6-4-3-5-9-16(11)10-14(2,13(17)18)15-12-7-8-12/h11-12,15H,3-10H2,1-2H3,(H,17,18). The lowest BCUT2D eigenvalue weighted by molar-refractivity contribution is -0.145. The van der Waals surface area contributed by atoms with Crippen molar-refractivity contribution in [2.45, 2.75) is 70.0 Å². The van der Waals surface area contributed by atoms with Crippen molar-refractivity contribution in [2.75, 3.05) is 13.1 Å². The third-order valence-corrected chi connectivity index (χ3v) is 4.28. The second kappa shape index (κ2) is 5.57. The van der Waals surface area contributed by atoms with E-state index in [4.69, 9.17) is 0 Å². The van der Waals surface area contributed by atoms with E-state index in [0.717, 1.165) is 19.4 Å². The highest BCUT2D eigenvalue weighted by Gasteiger charge is 2.40. The van der Waals surface area contributed by atoms with Gasteiger partial charge in [-0.2, -0.15) is 0 Å². The second-order valence-corrected chi connectivity index (χ2v) is 6.22. The van der Waals surface area contributed by atoms with Crippen LogP contribution in [-0.4, -0.2) is 46.7 Å². The van der Waals surface area contributed by atoms with E-state index >= 15 is 0 Å². The molecule has 0 aromatic carbocycles. The fourth-order valence-corrected chi connectivity index (χ4v) is 2.83. The predicted molar refractivity (Wildman–Crippen MR) is 71.7 cm³/mol. The van der Waals surface area contributed by atoms with Crippen molar-refractivity contribution < 1.29 is 9.90 Å². The molecule has 2 atom stereocenters. The smallest absolute Gasteiger partial charge is 0.324 e. The van der Waals surface area contributed by atoms with Crippen molar-refractivity contribution in [3.05, 3.63) is 0 Å². The molecule has 0 aromatic rings. The number of carboxylic acids is 1. The third kappa shape index (κ3) is 3.45. The van der Waals surface area contributed by atoms with E-state index in [1.807, 2.05) is 6.92 Å². The fourth-order valence-electron chi connectivity index (χ4n) is 2.83. The van der Waals surface area contributed by atoms with Gasteiger partial charge in [0.2, 0.25) is 0 Å². The van der Waals surface area contributed by atoms with Crippen LogP contribution < -0.4 is 5.32 Å². The van der Waals surface area contributed by atoms with Crippen LogP contribution >= 0.6 is 0 Å². The average Bonchev–Trinajstić information content (AvgIpc) is 3.10. The maximum atomic E-state index is 11.6. The van der Waals surface area contributed by atoms with Gasteiger partial charge < -0.3 is 5.11 Å². The Labute approximate surface area is 110 Å². The highest BCUT2D eigenvalue weighted by molar-refractivity contribution is 5.78. The van der Waals surface area contributed by atoms with Crippen molar-refractivity contribution >= 4 is 5.97 Å². The zero-order valence-electron chi connectivity index (χ0n) is 11.6. The zero-order chi connectivity index (χ0) is 13.2. The van der Waals surface area contributed by atoms with Crippen LogP contribution in [-0.2, 0) is 4.79 Å². The Morgan fingerprint density at radius 3 is 2.67 bits per heavy atom. The van der Waals surface area contributed by atoms with Crippen LogP contribution in [0.25, 0.3) is 0 Å². The average molecular weight is 254 g/mol. The molecule has 1 aliphatic carbocycles. The van der Waals surface area contributed by atoms with E-state index in [0.29, 0.717) is 18.6 Å². The number of nitrogens with one attached hydrogen (secondary N) is 1. The van der Waals surface area contributed by atoms with E-state index < -0.39 is 11.5 Å². The van der Waals surface area contributed by atoms with Crippen LogP contribution in [0.1, 0.15) is 52.4 Å². The lowest BCUT2D eigenvalue weighted by Crippen LogP contribution is -2.58. The topological polar surface area (TPSA) is 52.6 Å². The summed E-state index contributed by atoms with van der Waals surface area (Å²) in [7, 11) is 0. The number of carbonyl (C=O) groups is 1. The van der Waals surface area contributed by atoms with Crippen LogP contribution in [0.5, 0.6) is 0 Å². The molecule has 1 aliphatic heterocycles. The summed E-state index contributed by atoms with van der Waals surface area (Å²) in [5, 5.41) is 12.8. The van der Waals surface area contributed by atoms with E-state index in [2.05, 4.69) is 17.1 Å². The molecule has 1 saturated heterocycles. The Hall–Kier alpha value is -0.610. The summed E-state index contributed by atoms with van der Waals surface area (Å²) >= 11 is 0. The molecule has 0 bridgehead atoms. The number of aliphatic carboxylic acids is 1. The van der Waals surface area contributed by atoms with Gasteiger partial charge in [-0.15, -0.1) is 0 Å². The highest BCUT2D eigenvalue weighted by atomic mass is 16.4. The van der Waals surface area contributed by atoms with E-state index in [1.54, 1.807) is 0 Å². The molecule has 2 aliphatic rings. The lowest BCUT2D eigenvalue weighted by Gasteiger charge is -2.36. The van der Waals surface area contributed by atoms with Gasteiger partial charge in [0.1, 0.15) is 5.54 Å². The number of likely N-dealkylation sites (tertiary alicyclic amines) is 1. The molecule has 0 spiro atoms. The second-order valence-electron chi connectivity index (χ2n) is 6.22. The highest BCUT2D eigenvalue weighted by Crippen LogP contribution is 2.25. The first-order valence-electron chi connectivity index (χ1n) is 7.26. The predicted octanol–water partition coefficient (Wildman–Crippen LogP) is 1.85. The molecule has 2 rings (SSSR count). The van der Waals surface area contributed by atoms with Crippen molar-refractivity contribution in [1.82, 2.24) is 10.2 Å². The van der Waals surface area contributed by atoms with Crippen LogP contribution in [0.4, 0.5) is 0 Å². The molecule has 2 unspecified atom stereocenters. The van der Waals surface area contributed by atoms with E-state index in [1.165, 1.54) is 25.7 Å². The van der Waals surface area contributed by atoms with Crippen LogP contribution in [0.15, 0.2) is 0 Å². The van der Waals surface area contributed by atoms with Crippen molar-refractivity contribution in [2.24, 2.45) is 0 Å². The maximum absolute atomic E-state index is 11.6. The first-order valence-corrected chi connectivity index (χ1v) is 7.26. The molecule has 1 saturated carbocycles. The van der Waals surface area contributed by atoms with Crippen molar-refractivity contribution in [3.63, 3.8) is 0 Å². The summed E-state index contributed by atoms with van der Waals surface area (Å²) in [6.07, 6.45) is 7.19. The van der Waals surface area contributed by atoms with Gasteiger partial charge >= 0.3 is 5.97 Å². The Balaban J connectivity index is 1.99. The monoisotopic (exact) mass is 254 g/mol. The first-order chi connectivity index (χ1) is 8.51. The normalized spacial score (nSPS) is 29.6. The summed E-state index contributed by atoms with van der Waals surface area (Å²) in [6.45, 7) is 5.73. The number of hydrogen-bond donors (Lipinski definition) is 2. The minimum absolute atomic E-state index is 0.424. The molecule has 1 heterocycles. The van der Waals surface area contributed by atoms with Crippen molar-refractivity contribution in [3.8, 4) is 0 Å². The Kier molecular flexibility index (Phi) is 4.28. The summed E-state index contributed by atoms with van der Waals surface area (Å²) in [6, 6.07) is 0.931. The van der Waals surface area contributed by atoms with Crippen LogP contribution in [0, 0.1) is 0 Å². The van der Waals surface area contributed by atoms with Gasteiger partial charge in [-0.3, -0.25) is 15.0 Å². The van der Waals surface area contributed by atoms with Crippen LogP contribution in [0.2, 0.25) is 0 Å². The Bertz CT molecular complexity index is 304. The van der Waals surface area contributed by atoms with Gasteiger partial charge in [0.25, 0.3) is 0 Å². The minimum atomic E-state index is -0.792. The SMILES string of the molecule is CC1CCCCCN1CC(C)(NC1CC1)C(=O)O. The quantitative estimate of drug-likeness (QED) is 0.786. The van der Waals surface area contributed by atoms with Crippen molar-refractivity contribution in [1.29, 1.82) is 0 Å². The molecule has 2 fully saturated rings. The van der Waals surface area contributed by atoms with Crippen LogP contribution in [0.3, 0.4) is 0 Å². The molecule has 4 heteroatoms. The molecule has 0 amide bonds. The maximum Gasteiger partial charge on any atom is 0.324 e. The molecular formula is C14H26N2O2. The summed E-state index contributed by atoms with van der Waals surface area (Å²) in [5.41, 5.74) is -0.792. The van der Waals surface area contributed by atoms with E-state index in [9.17, 15) is 9.90 Å². The molecule has 0 aromatic heterocycles. The molecule has 2 N–H and O–H groups in total. The summed E-state index contributed by atoms with van der Waals surface area (Å²) in [4.78, 5) is 13.9. The minimum Gasteiger partial charge on any atom is -0.480 e. The van der Waals surface area contributed by atoms with E-state index in [-0.39, 0.29) is 0 Å². The Morgan fingerprint density at radius 2 is 2.06 bits per heavy atom. The van der Waals surface area contributed by atoms with Gasteiger partial charge in [-0.25, -0.2) is 0 Å². The van der Waals surface area contributed by atoms with Gasteiger partial charge in [0, 0.05) is 18.6 Å². The zero-order valence-corrected chi connectivity index (χ0v) is 11.6. The molecular weight excluding hydrogens is 228 g/mol. The molecule has 104 valence electrons. The van der Waals surface area contributed by atoms with Gasteiger partial charge in [-0.1, -0.05) is 12.8 Å². The lowest BCUT2D eigenvalue weighted by atomic mass is 10.00. The summed E-state index contributed by atoms with van der Waals surface area (Å²) in [5.74, 6) is -0.717. The number of nitrogens with zero attached hydrogens (tertiary/aromatic N) is 1. The molecule has 18 heavy (non-hydrogen) atoms. The third-order valence-electron chi connectivity index (χ3n) is 4.28. The number of carboxylic acid groups (broad SMARTS) is 1. The largest absolute Gasteiger partial charge is 0.480 e. The first kappa shape index (κ1) is 13.8. The van der Waals surface area contributed by atoms with Gasteiger partial charge in [-0.05, 0) is 46.1 Å². The molecule has 4 nitrogen and oxygen atoms in total. The fraction of sp³-hybridized carbons (Fsp3) is 0.929. The molecule has 0 radical (unpaired) electrons. The number of rotatable bonds is 5. The van der Waals surface area contributed by atoms with Gasteiger partial charge in [0.15, 0.2) is 0 Å². The number of hydrogen-bond acceptors (Lipinski definition) is 3. The van der Waals surface area contributed by atoms with Gasteiger partial charge in [0.05, 0.1) is 0 Å². The Morgan fingerprint density at radius 1 is 1.33 bits per heavy atom. The summed E-state index contributed by atoms with van der Waals surface area (Å²) < 4.78 is 0.